The van der Waals surface area contributed by atoms with Crippen LogP contribution in [0.2, 0.25) is 5.02 Å². The topological polar surface area (TPSA) is 68.7 Å². The van der Waals surface area contributed by atoms with E-state index in [1.807, 2.05) is 30.3 Å². The van der Waals surface area contributed by atoms with Gasteiger partial charge in [-0.05, 0) is 36.6 Å². The summed E-state index contributed by atoms with van der Waals surface area (Å²) in [5, 5.41) is 11.8. The van der Waals surface area contributed by atoms with Crippen molar-refractivity contribution in [1.82, 2.24) is 4.98 Å². The zero-order valence-corrected chi connectivity index (χ0v) is 17.0. The number of aliphatic hydroxyl groups is 1. The standard InChI is InChI=1S/C22H18ClNO4S/c23-15-4-2-1-3-14(15)21(26)18-11-24-20(29-18)10-19(25)22(7-8-22)13-5-6-16-17(9-13)28-12-27-16/h1-6,9,11,21,26H,7-8,10,12H2/t21-/m1/s1. The molecule has 0 amide bonds. The van der Waals surface area contributed by atoms with Gasteiger partial charge in [0.15, 0.2) is 11.5 Å². The fraction of sp³-hybridized carbons (Fsp3) is 0.273. The van der Waals surface area contributed by atoms with Crippen LogP contribution < -0.4 is 9.47 Å². The summed E-state index contributed by atoms with van der Waals surface area (Å²) >= 11 is 7.53. The number of thiazole rings is 1. The first-order valence-electron chi connectivity index (χ1n) is 9.37. The van der Waals surface area contributed by atoms with Gasteiger partial charge < -0.3 is 14.6 Å². The number of Topliss-reactive ketones (excluding diaryl/α,β-unsaturated/α-hetero) is 1. The van der Waals surface area contributed by atoms with E-state index in [0.717, 1.165) is 24.2 Å². The molecule has 1 aromatic heterocycles. The molecule has 1 aliphatic carbocycles. The third kappa shape index (κ3) is 3.31. The van der Waals surface area contributed by atoms with Gasteiger partial charge in [-0.1, -0.05) is 35.9 Å². The molecule has 1 atom stereocenters. The molecule has 0 radical (unpaired) electrons. The Bertz CT molecular complexity index is 1090. The molecule has 1 saturated carbocycles. The van der Waals surface area contributed by atoms with Crippen LogP contribution in [0, 0.1) is 0 Å². The lowest BCUT2D eigenvalue weighted by Gasteiger charge is -2.14. The van der Waals surface area contributed by atoms with Crippen LogP contribution in [0.1, 0.15) is 40.0 Å². The summed E-state index contributed by atoms with van der Waals surface area (Å²) in [7, 11) is 0. The molecule has 5 nitrogen and oxygen atoms in total. The Balaban J connectivity index is 1.33. The van der Waals surface area contributed by atoms with E-state index in [1.54, 1.807) is 18.3 Å². The fourth-order valence-electron chi connectivity index (χ4n) is 3.74. The molecule has 1 aliphatic heterocycles. The monoisotopic (exact) mass is 427 g/mol. The van der Waals surface area contributed by atoms with Crippen LogP contribution in [0.3, 0.4) is 0 Å². The van der Waals surface area contributed by atoms with Gasteiger partial charge in [-0.15, -0.1) is 11.3 Å². The summed E-state index contributed by atoms with van der Waals surface area (Å²) in [5.74, 6) is 1.56. The lowest BCUT2D eigenvalue weighted by atomic mass is 9.89. The lowest BCUT2D eigenvalue weighted by molar-refractivity contribution is -0.120. The Labute approximate surface area is 176 Å². The number of carbonyl (C=O) groups is 1. The van der Waals surface area contributed by atoms with Gasteiger partial charge in [0.25, 0.3) is 0 Å². The summed E-state index contributed by atoms with van der Waals surface area (Å²) in [6.45, 7) is 0.218. The van der Waals surface area contributed by atoms with E-state index in [1.165, 1.54) is 11.3 Å². The van der Waals surface area contributed by atoms with Gasteiger partial charge in [0.1, 0.15) is 16.9 Å². The number of nitrogens with zero attached hydrogens (tertiary/aromatic N) is 1. The van der Waals surface area contributed by atoms with Gasteiger partial charge in [0.2, 0.25) is 6.79 Å². The van der Waals surface area contributed by atoms with Crippen molar-refractivity contribution in [3.8, 4) is 11.5 Å². The van der Waals surface area contributed by atoms with Crippen molar-refractivity contribution in [3.63, 3.8) is 0 Å². The van der Waals surface area contributed by atoms with Crippen LogP contribution in [0.15, 0.2) is 48.7 Å². The fourth-order valence-corrected chi connectivity index (χ4v) is 4.90. The van der Waals surface area contributed by atoms with Gasteiger partial charge in [-0.25, -0.2) is 4.98 Å². The molecule has 2 aliphatic rings. The number of rotatable bonds is 6. The molecule has 1 N–H and O–H groups in total. The van der Waals surface area contributed by atoms with Crippen molar-refractivity contribution in [3.05, 3.63) is 74.7 Å². The minimum atomic E-state index is -0.853. The minimum Gasteiger partial charge on any atom is -0.454 e. The van der Waals surface area contributed by atoms with Crippen molar-refractivity contribution in [2.24, 2.45) is 0 Å². The number of benzene rings is 2. The maximum Gasteiger partial charge on any atom is 0.231 e. The quantitative estimate of drug-likeness (QED) is 0.629. The molecule has 5 rings (SSSR count). The molecule has 0 unspecified atom stereocenters. The third-order valence-corrected chi connectivity index (χ3v) is 6.96. The molecule has 2 heterocycles. The average molecular weight is 428 g/mol. The zero-order valence-electron chi connectivity index (χ0n) is 15.4. The summed E-state index contributed by atoms with van der Waals surface area (Å²) in [6.07, 6.45) is 2.67. The predicted molar refractivity (Wildman–Crippen MR) is 110 cm³/mol. The first-order chi connectivity index (χ1) is 14.1. The van der Waals surface area contributed by atoms with Crippen LogP contribution in [0.5, 0.6) is 11.5 Å². The molecular weight excluding hydrogens is 410 g/mol. The summed E-state index contributed by atoms with van der Waals surface area (Å²) in [5.41, 5.74) is 1.14. The highest BCUT2D eigenvalue weighted by atomic mass is 35.5. The largest absolute Gasteiger partial charge is 0.454 e. The Morgan fingerprint density at radius 3 is 2.79 bits per heavy atom. The number of fused-ring (bicyclic) bond motifs is 1. The van der Waals surface area contributed by atoms with Gasteiger partial charge in [0.05, 0.1) is 16.7 Å². The van der Waals surface area contributed by atoms with Crippen molar-refractivity contribution in [2.45, 2.75) is 30.8 Å². The van der Waals surface area contributed by atoms with E-state index >= 15 is 0 Å². The van der Waals surface area contributed by atoms with E-state index < -0.39 is 11.5 Å². The Hall–Kier alpha value is -2.41. The first-order valence-corrected chi connectivity index (χ1v) is 10.6. The number of ketones is 1. The van der Waals surface area contributed by atoms with Gasteiger partial charge in [0, 0.05) is 16.8 Å². The second-order valence-electron chi connectivity index (χ2n) is 7.33. The summed E-state index contributed by atoms with van der Waals surface area (Å²) < 4.78 is 10.8. The Morgan fingerprint density at radius 1 is 1.21 bits per heavy atom. The normalized spacial score (nSPS) is 17.2. The first kappa shape index (κ1) is 18.6. The van der Waals surface area contributed by atoms with Crippen molar-refractivity contribution < 1.29 is 19.4 Å². The van der Waals surface area contributed by atoms with Crippen LogP contribution in [-0.2, 0) is 16.6 Å². The molecule has 0 spiro atoms. The number of aliphatic hydroxyl groups excluding tert-OH is 1. The average Bonchev–Trinajstić information content (AvgIpc) is 3.18. The molecular formula is C22H18ClNO4S. The van der Waals surface area contributed by atoms with Crippen LogP contribution in [0.4, 0.5) is 0 Å². The summed E-state index contributed by atoms with van der Waals surface area (Å²) in [6, 6.07) is 12.9. The number of hydrogen-bond acceptors (Lipinski definition) is 6. The molecule has 0 bridgehead atoms. The molecule has 148 valence electrons. The maximum atomic E-state index is 13.1. The molecule has 0 saturated heterocycles. The predicted octanol–water partition coefficient (Wildman–Crippen LogP) is 4.45. The van der Waals surface area contributed by atoms with Gasteiger partial charge in [-0.2, -0.15) is 0 Å². The summed E-state index contributed by atoms with van der Waals surface area (Å²) in [4.78, 5) is 18.2. The second kappa shape index (κ2) is 7.13. The highest BCUT2D eigenvalue weighted by Gasteiger charge is 2.51. The van der Waals surface area contributed by atoms with Crippen molar-refractivity contribution >= 4 is 28.7 Å². The van der Waals surface area contributed by atoms with E-state index in [-0.39, 0.29) is 19.0 Å². The molecule has 2 aromatic carbocycles. The molecule has 29 heavy (non-hydrogen) atoms. The SMILES string of the molecule is O=C(Cc1ncc([C@H](O)c2ccccc2Cl)s1)C1(c2ccc3c(c2)OCO3)CC1. The smallest absolute Gasteiger partial charge is 0.231 e. The number of aromatic nitrogens is 1. The molecule has 1 fully saturated rings. The molecule has 3 aromatic rings. The van der Waals surface area contributed by atoms with Gasteiger partial charge >= 0.3 is 0 Å². The van der Waals surface area contributed by atoms with Crippen LogP contribution in [0.25, 0.3) is 0 Å². The maximum absolute atomic E-state index is 13.1. The number of carbonyl (C=O) groups excluding carboxylic acids is 1. The molecule has 7 heteroatoms. The van der Waals surface area contributed by atoms with Crippen LogP contribution in [-0.4, -0.2) is 22.7 Å². The highest BCUT2D eigenvalue weighted by molar-refractivity contribution is 7.11. The van der Waals surface area contributed by atoms with E-state index in [9.17, 15) is 9.90 Å². The lowest BCUT2D eigenvalue weighted by Crippen LogP contribution is -2.22. The van der Waals surface area contributed by atoms with Crippen LogP contribution >= 0.6 is 22.9 Å². The van der Waals surface area contributed by atoms with E-state index in [2.05, 4.69) is 4.98 Å². The number of ether oxygens (including phenoxy) is 2. The second-order valence-corrected chi connectivity index (χ2v) is 8.88. The Morgan fingerprint density at radius 2 is 2.00 bits per heavy atom. The van der Waals surface area contributed by atoms with Crippen molar-refractivity contribution in [2.75, 3.05) is 6.79 Å². The third-order valence-electron chi connectivity index (χ3n) is 5.56. The highest BCUT2D eigenvalue weighted by Crippen LogP contribution is 2.51. The van der Waals surface area contributed by atoms with E-state index in [0.29, 0.717) is 26.2 Å². The van der Waals surface area contributed by atoms with Crippen molar-refractivity contribution in [1.29, 1.82) is 0 Å². The zero-order chi connectivity index (χ0) is 20.0. The number of hydrogen-bond donors (Lipinski definition) is 1. The van der Waals surface area contributed by atoms with Gasteiger partial charge in [-0.3, -0.25) is 4.79 Å². The minimum absolute atomic E-state index is 0.143. The Kier molecular flexibility index (Phi) is 4.57. The number of halogens is 1. The van der Waals surface area contributed by atoms with E-state index in [4.69, 9.17) is 21.1 Å².